The Morgan fingerprint density at radius 1 is 1.23 bits per heavy atom. The standard InChI is InChI=1S/C10H20IN2/c1-3-12-8-10(9-12)4-6-13(11-2)7-5-10/h3-9H2,1-2H3/q-1. The van der Waals surface area contributed by atoms with E-state index in [0.29, 0.717) is 21.5 Å². The summed E-state index contributed by atoms with van der Waals surface area (Å²) in [6.07, 6.45) is 2.94. The normalized spacial score (nSPS) is 29.4. The zero-order valence-corrected chi connectivity index (χ0v) is 10.9. The average molecular weight is 295 g/mol. The first-order valence-electron chi connectivity index (χ1n) is 5.25. The third-order valence-corrected chi connectivity index (χ3v) is 5.90. The molecule has 0 saturated carbocycles. The first-order valence-corrected chi connectivity index (χ1v) is 8.37. The third-order valence-electron chi connectivity index (χ3n) is 3.57. The molecule has 2 aliphatic rings. The van der Waals surface area contributed by atoms with Crippen molar-refractivity contribution in [3.05, 3.63) is 0 Å². The van der Waals surface area contributed by atoms with Gasteiger partial charge >= 0.3 is 92.3 Å². The molecule has 78 valence electrons. The summed E-state index contributed by atoms with van der Waals surface area (Å²) >= 11 is 0.368. The Labute approximate surface area is 92.3 Å². The summed E-state index contributed by atoms with van der Waals surface area (Å²) < 4.78 is 2.69. The van der Waals surface area contributed by atoms with Crippen molar-refractivity contribution in [3.63, 3.8) is 0 Å². The van der Waals surface area contributed by atoms with Crippen LogP contribution in [0.25, 0.3) is 0 Å². The second kappa shape index (κ2) is 4.03. The van der Waals surface area contributed by atoms with Crippen molar-refractivity contribution in [1.29, 1.82) is 0 Å². The molecule has 0 atom stereocenters. The van der Waals surface area contributed by atoms with Gasteiger partial charge in [-0.15, -0.1) is 0 Å². The number of alkyl halides is 1. The predicted octanol–water partition coefficient (Wildman–Crippen LogP) is -1.96. The number of nitrogens with zero attached hydrogens (tertiary/aromatic N) is 2. The molecule has 2 rings (SSSR count). The van der Waals surface area contributed by atoms with Crippen LogP contribution in [0.15, 0.2) is 0 Å². The van der Waals surface area contributed by atoms with E-state index in [2.05, 4.69) is 19.9 Å². The van der Waals surface area contributed by atoms with Crippen molar-refractivity contribution in [3.8, 4) is 0 Å². The fourth-order valence-electron chi connectivity index (χ4n) is 2.57. The molecule has 1 spiro atoms. The van der Waals surface area contributed by atoms with Gasteiger partial charge in [-0.05, 0) is 0 Å². The molecule has 0 unspecified atom stereocenters. The predicted molar refractivity (Wildman–Crippen MR) is 51.3 cm³/mol. The molecule has 2 heterocycles. The van der Waals surface area contributed by atoms with Gasteiger partial charge in [-0.25, -0.2) is 0 Å². The molecule has 0 radical (unpaired) electrons. The molecule has 2 aliphatic heterocycles. The first-order chi connectivity index (χ1) is 6.28. The van der Waals surface area contributed by atoms with Crippen LogP contribution in [0.3, 0.4) is 0 Å². The number of hydrogen-bond donors (Lipinski definition) is 0. The van der Waals surface area contributed by atoms with Gasteiger partial charge in [-0.1, -0.05) is 0 Å². The van der Waals surface area contributed by atoms with Crippen molar-refractivity contribution in [2.75, 3.05) is 37.7 Å². The van der Waals surface area contributed by atoms with Crippen LogP contribution in [-0.2, 0) is 0 Å². The molecule has 0 amide bonds. The van der Waals surface area contributed by atoms with Crippen molar-refractivity contribution in [1.82, 2.24) is 8.01 Å². The number of rotatable bonds is 2. The molecule has 0 N–H and O–H groups in total. The molecular weight excluding hydrogens is 275 g/mol. The van der Waals surface area contributed by atoms with E-state index in [1.165, 1.54) is 45.6 Å². The van der Waals surface area contributed by atoms with E-state index in [9.17, 15) is 0 Å². The number of likely N-dealkylation sites (tertiary alicyclic amines) is 1. The maximum absolute atomic E-state index is 2.69. The zero-order chi connectivity index (χ0) is 9.31. The van der Waals surface area contributed by atoms with Gasteiger partial charge < -0.3 is 0 Å². The third kappa shape index (κ3) is 2.02. The van der Waals surface area contributed by atoms with Crippen LogP contribution < -0.4 is 21.5 Å². The van der Waals surface area contributed by atoms with E-state index in [1.807, 2.05) is 0 Å². The molecule has 0 aliphatic carbocycles. The Morgan fingerprint density at radius 2 is 1.85 bits per heavy atom. The summed E-state index contributed by atoms with van der Waals surface area (Å²) in [6.45, 7) is 9.09. The maximum atomic E-state index is 2.69. The van der Waals surface area contributed by atoms with Crippen LogP contribution in [0.1, 0.15) is 19.8 Å². The van der Waals surface area contributed by atoms with E-state index in [-0.39, 0.29) is 0 Å². The van der Waals surface area contributed by atoms with Crippen molar-refractivity contribution in [2.24, 2.45) is 5.41 Å². The van der Waals surface area contributed by atoms with Gasteiger partial charge in [-0.3, -0.25) is 0 Å². The Morgan fingerprint density at radius 3 is 2.31 bits per heavy atom. The minimum atomic E-state index is 0.368. The van der Waals surface area contributed by atoms with E-state index < -0.39 is 0 Å². The molecule has 0 aromatic heterocycles. The Balaban J connectivity index is 1.79. The molecule has 0 bridgehead atoms. The number of hydrogen-bond acceptors (Lipinski definition) is 2. The van der Waals surface area contributed by atoms with Crippen molar-refractivity contribution in [2.45, 2.75) is 19.8 Å². The second-order valence-corrected chi connectivity index (χ2v) is 6.71. The quantitative estimate of drug-likeness (QED) is 0.332. The number of piperidine rings is 1. The molecule has 0 aromatic rings. The van der Waals surface area contributed by atoms with E-state index in [0.717, 1.165) is 5.41 Å². The van der Waals surface area contributed by atoms with Gasteiger partial charge in [-0.2, -0.15) is 0 Å². The summed E-state index contributed by atoms with van der Waals surface area (Å²) in [5.41, 5.74) is 0.755. The van der Waals surface area contributed by atoms with Crippen LogP contribution in [0.5, 0.6) is 0 Å². The van der Waals surface area contributed by atoms with E-state index in [4.69, 9.17) is 0 Å². The van der Waals surface area contributed by atoms with E-state index >= 15 is 0 Å². The summed E-state index contributed by atoms with van der Waals surface area (Å²) in [5, 5.41) is 0. The van der Waals surface area contributed by atoms with Gasteiger partial charge in [0.15, 0.2) is 0 Å². The van der Waals surface area contributed by atoms with Crippen LogP contribution in [0, 0.1) is 5.41 Å². The van der Waals surface area contributed by atoms with Gasteiger partial charge in [0.1, 0.15) is 0 Å². The van der Waals surface area contributed by atoms with Crippen LogP contribution in [-0.4, -0.2) is 45.7 Å². The van der Waals surface area contributed by atoms with Gasteiger partial charge in [0, 0.05) is 0 Å². The van der Waals surface area contributed by atoms with Crippen LogP contribution >= 0.6 is 0 Å². The SMILES string of the molecule is CCN1CC2(CCN([I-]C)CC2)C1. The Bertz CT molecular complexity index is 168. The van der Waals surface area contributed by atoms with Crippen LogP contribution in [0.4, 0.5) is 0 Å². The second-order valence-electron chi connectivity index (χ2n) is 4.38. The van der Waals surface area contributed by atoms with E-state index in [1.54, 1.807) is 0 Å². The summed E-state index contributed by atoms with van der Waals surface area (Å²) in [5.74, 6) is 0. The number of halogens is 1. The van der Waals surface area contributed by atoms with Gasteiger partial charge in [0.25, 0.3) is 0 Å². The van der Waals surface area contributed by atoms with Crippen LogP contribution in [0.2, 0.25) is 0 Å². The fourth-order valence-corrected chi connectivity index (χ4v) is 4.01. The van der Waals surface area contributed by atoms with Gasteiger partial charge in [0.05, 0.1) is 0 Å². The molecular formula is C10H20IN2-. The monoisotopic (exact) mass is 295 g/mol. The molecule has 3 heteroatoms. The molecule has 2 nitrogen and oxygen atoms in total. The van der Waals surface area contributed by atoms with Crippen molar-refractivity contribution >= 4 is 0 Å². The topological polar surface area (TPSA) is 6.48 Å². The fraction of sp³-hybridized carbons (Fsp3) is 1.00. The first kappa shape index (κ1) is 10.2. The average Bonchev–Trinajstić information content (AvgIpc) is 2.14. The Kier molecular flexibility index (Phi) is 3.15. The summed E-state index contributed by atoms with van der Waals surface area (Å²) in [7, 11) is 0. The van der Waals surface area contributed by atoms with Gasteiger partial charge in [0.2, 0.25) is 0 Å². The molecule has 2 saturated heterocycles. The summed E-state index contributed by atoms with van der Waals surface area (Å²) in [6, 6.07) is 0. The molecule has 0 aromatic carbocycles. The minimum absolute atomic E-state index is 0.368. The van der Waals surface area contributed by atoms with Crippen molar-refractivity contribution < 1.29 is 21.5 Å². The Hall–Kier alpha value is 0.650. The summed E-state index contributed by atoms with van der Waals surface area (Å²) in [4.78, 5) is 4.96. The molecule has 13 heavy (non-hydrogen) atoms. The molecule has 2 fully saturated rings. The zero-order valence-electron chi connectivity index (χ0n) is 8.72.